The van der Waals surface area contributed by atoms with Crippen molar-refractivity contribution in [3.63, 3.8) is 0 Å². The molecule has 0 aliphatic carbocycles. The van der Waals surface area contributed by atoms with Crippen molar-refractivity contribution in [2.75, 3.05) is 5.32 Å². The average Bonchev–Trinajstić information content (AvgIpc) is 2.93. The quantitative estimate of drug-likeness (QED) is 0.778. The van der Waals surface area contributed by atoms with Gasteiger partial charge in [-0.25, -0.2) is 4.98 Å². The van der Waals surface area contributed by atoms with E-state index in [1.54, 1.807) is 17.5 Å². The number of hydrogen-bond acceptors (Lipinski definition) is 3. The number of nitrogens with zero attached hydrogens (tertiary/aromatic N) is 2. The number of hydrogen-bond donors (Lipinski definition) is 1. The van der Waals surface area contributed by atoms with Crippen molar-refractivity contribution in [2.24, 2.45) is 7.05 Å². The van der Waals surface area contributed by atoms with Crippen LogP contribution in [0.25, 0.3) is 10.2 Å². The lowest BCUT2D eigenvalue weighted by Crippen LogP contribution is -2.16. The fraction of sp³-hybridized carbons (Fsp3) is 0.143. The van der Waals surface area contributed by atoms with Gasteiger partial charge in [0.1, 0.15) is 11.5 Å². The Labute approximate surface area is 114 Å². The van der Waals surface area contributed by atoms with Crippen molar-refractivity contribution in [1.82, 2.24) is 9.55 Å². The second-order valence-electron chi connectivity index (χ2n) is 4.43. The van der Waals surface area contributed by atoms with E-state index in [9.17, 15) is 4.79 Å². The molecule has 1 N–H and O–H groups in total. The van der Waals surface area contributed by atoms with Gasteiger partial charge in [0.2, 0.25) is 0 Å². The largest absolute Gasteiger partial charge is 0.339 e. The van der Waals surface area contributed by atoms with Crippen LogP contribution in [-0.4, -0.2) is 15.5 Å². The van der Waals surface area contributed by atoms with Crippen molar-refractivity contribution in [3.8, 4) is 0 Å². The minimum atomic E-state index is -0.135. The molecule has 1 amide bonds. The number of amides is 1. The highest BCUT2D eigenvalue weighted by Gasteiger charge is 2.14. The lowest BCUT2D eigenvalue weighted by atomic mass is 10.3. The maximum Gasteiger partial charge on any atom is 0.273 e. The van der Waals surface area contributed by atoms with Crippen molar-refractivity contribution >= 4 is 33.3 Å². The van der Waals surface area contributed by atoms with Crippen LogP contribution in [0.15, 0.2) is 35.8 Å². The van der Waals surface area contributed by atoms with E-state index >= 15 is 0 Å². The van der Waals surface area contributed by atoms with Crippen LogP contribution < -0.4 is 5.32 Å². The molecule has 19 heavy (non-hydrogen) atoms. The predicted molar refractivity (Wildman–Crippen MR) is 77.7 cm³/mol. The van der Waals surface area contributed by atoms with Gasteiger partial charge in [0.25, 0.3) is 5.91 Å². The molecule has 0 aliphatic heterocycles. The Hall–Kier alpha value is -2.14. The first kappa shape index (κ1) is 11.9. The van der Waals surface area contributed by atoms with Gasteiger partial charge in [-0.2, -0.15) is 0 Å². The third-order valence-corrected chi connectivity index (χ3v) is 3.91. The van der Waals surface area contributed by atoms with E-state index in [1.165, 1.54) is 0 Å². The average molecular weight is 271 g/mol. The molecular formula is C14H13N3OS. The monoisotopic (exact) mass is 271 g/mol. The predicted octanol–water partition coefficient (Wildman–Crippen LogP) is 3.20. The highest BCUT2D eigenvalue weighted by Crippen LogP contribution is 2.24. The molecule has 0 aliphatic rings. The van der Waals surface area contributed by atoms with Crippen LogP contribution in [0.4, 0.5) is 5.82 Å². The van der Waals surface area contributed by atoms with Gasteiger partial charge in [0, 0.05) is 13.2 Å². The van der Waals surface area contributed by atoms with E-state index in [2.05, 4.69) is 10.3 Å². The molecule has 0 aromatic carbocycles. The molecule has 0 spiro atoms. The van der Waals surface area contributed by atoms with Gasteiger partial charge < -0.3 is 9.88 Å². The lowest BCUT2D eigenvalue weighted by Gasteiger charge is -2.06. The highest BCUT2D eigenvalue weighted by atomic mass is 32.1. The highest BCUT2D eigenvalue weighted by molar-refractivity contribution is 7.17. The minimum absolute atomic E-state index is 0.135. The van der Waals surface area contributed by atoms with E-state index in [1.807, 2.05) is 48.2 Å². The van der Waals surface area contributed by atoms with E-state index in [0.717, 1.165) is 15.8 Å². The Bertz CT molecular complexity index is 757. The molecule has 96 valence electrons. The summed E-state index contributed by atoms with van der Waals surface area (Å²) in [6.45, 7) is 1.97. The second-order valence-corrected chi connectivity index (χ2v) is 5.38. The summed E-state index contributed by atoms with van der Waals surface area (Å²) in [5.74, 6) is 0.443. The first-order valence-corrected chi connectivity index (χ1v) is 6.80. The Kier molecular flexibility index (Phi) is 2.83. The minimum Gasteiger partial charge on any atom is -0.339 e. The first-order chi connectivity index (χ1) is 9.15. The zero-order chi connectivity index (χ0) is 13.4. The molecule has 0 atom stereocenters. The van der Waals surface area contributed by atoms with E-state index in [4.69, 9.17) is 0 Å². The second kappa shape index (κ2) is 4.51. The Morgan fingerprint density at radius 3 is 2.95 bits per heavy atom. The van der Waals surface area contributed by atoms with Crippen molar-refractivity contribution in [2.45, 2.75) is 6.92 Å². The van der Waals surface area contributed by atoms with Crippen LogP contribution in [0.1, 0.15) is 16.1 Å². The number of aryl methyl sites for hydroxylation is 2. The molecule has 5 heteroatoms. The van der Waals surface area contributed by atoms with Crippen LogP contribution in [0.3, 0.4) is 0 Å². The summed E-state index contributed by atoms with van der Waals surface area (Å²) in [6, 6.07) is 7.67. The number of fused-ring (bicyclic) bond motifs is 1. The molecule has 3 aromatic heterocycles. The molecule has 0 radical (unpaired) electrons. The summed E-state index contributed by atoms with van der Waals surface area (Å²) in [5.41, 5.74) is 2.79. The zero-order valence-corrected chi connectivity index (χ0v) is 11.5. The topological polar surface area (TPSA) is 46.9 Å². The lowest BCUT2D eigenvalue weighted by molar-refractivity contribution is 0.101. The third kappa shape index (κ3) is 2.13. The van der Waals surface area contributed by atoms with Crippen LogP contribution in [0.5, 0.6) is 0 Å². The molecule has 4 nitrogen and oxygen atoms in total. The smallest absolute Gasteiger partial charge is 0.273 e. The molecule has 0 unspecified atom stereocenters. The van der Waals surface area contributed by atoms with E-state index in [-0.39, 0.29) is 5.91 Å². The van der Waals surface area contributed by atoms with Gasteiger partial charge in [-0.05, 0) is 42.1 Å². The number of rotatable bonds is 2. The maximum absolute atomic E-state index is 12.2. The van der Waals surface area contributed by atoms with E-state index < -0.39 is 0 Å². The van der Waals surface area contributed by atoms with Crippen LogP contribution in [0.2, 0.25) is 0 Å². The van der Waals surface area contributed by atoms with Gasteiger partial charge >= 0.3 is 0 Å². The molecule has 3 aromatic rings. The van der Waals surface area contributed by atoms with Crippen molar-refractivity contribution < 1.29 is 4.79 Å². The molecule has 3 heterocycles. The Morgan fingerprint density at radius 1 is 1.37 bits per heavy atom. The van der Waals surface area contributed by atoms with Gasteiger partial charge in [-0.15, -0.1) is 11.3 Å². The summed E-state index contributed by atoms with van der Waals surface area (Å²) >= 11 is 1.63. The standard InChI is InChI=1S/C14H13N3OS/c1-9-3-5-15-13(7-9)16-14(18)11-8-12-10(17(11)2)4-6-19-12/h3-8H,1-2H3,(H,15,16,18). The Morgan fingerprint density at radius 2 is 2.21 bits per heavy atom. The summed E-state index contributed by atoms with van der Waals surface area (Å²) < 4.78 is 3.02. The third-order valence-electron chi connectivity index (χ3n) is 3.05. The molecular weight excluding hydrogens is 258 g/mol. The van der Waals surface area contributed by atoms with Crippen molar-refractivity contribution in [3.05, 3.63) is 47.1 Å². The normalized spacial score (nSPS) is 10.8. The molecule has 0 saturated carbocycles. The summed E-state index contributed by atoms with van der Waals surface area (Å²) in [7, 11) is 1.90. The summed E-state index contributed by atoms with van der Waals surface area (Å²) in [6.07, 6.45) is 1.69. The number of nitrogens with one attached hydrogen (secondary N) is 1. The fourth-order valence-electron chi connectivity index (χ4n) is 2.05. The van der Waals surface area contributed by atoms with Crippen LogP contribution in [0, 0.1) is 6.92 Å². The molecule has 0 saturated heterocycles. The van der Waals surface area contributed by atoms with E-state index in [0.29, 0.717) is 11.5 Å². The van der Waals surface area contributed by atoms with Gasteiger partial charge in [-0.1, -0.05) is 0 Å². The van der Waals surface area contributed by atoms with Crippen LogP contribution >= 0.6 is 11.3 Å². The van der Waals surface area contributed by atoms with Gasteiger partial charge in [0.05, 0.1) is 10.2 Å². The van der Waals surface area contributed by atoms with Gasteiger partial charge in [0.15, 0.2) is 0 Å². The SMILES string of the molecule is Cc1ccnc(NC(=O)c2cc3sccc3n2C)c1. The number of aromatic nitrogens is 2. The van der Waals surface area contributed by atoms with Gasteiger partial charge in [-0.3, -0.25) is 4.79 Å². The Balaban J connectivity index is 1.91. The fourth-order valence-corrected chi connectivity index (χ4v) is 2.90. The number of carbonyl (C=O) groups is 1. The maximum atomic E-state index is 12.2. The molecule has 3 rings (SSSR count). The number of carbonyl (C=O) groups excluding carboxylic acids is 1. The number of anilines is 1. The molecule has 0 fully saturated rings. The first-order valence-electron chi connectivity index (χ1n) is 5.92. The van der Waals surface area contributed by atoms with Crippen molar-refractivity contribution in [1.29, 1.82) is 0 Å². The summed E-state index contributed by atoms with van der Waals surface area (Å²) in [5, 5.41) is 4.85. The molecule has 0 bridgehead atoms. The number of thiophene rings is 1. The summed E-state index contributed by atoms with van der Waals surface area (Å²) in [4.78, 5) is 16.4. The zero-order valence-electron chi connectivity index (χ0n) is 10.7. The number of pyridine rings is 1. The van der Waals surface area contributed by atoms with Crippen LogP contribution in [-0.2, 0) is 7.05 Å².